The van der Waals surface area contributed by atoms with Gasteiger partial charge in [-0.25, -0.2) is 8.78 Å². The third-order valence-electron chi connectivity index (χ3n) is 3.13. The molecule has 0 aromatic heterocycles. The molecular weight excluding hydrogens is 268 g/mol. The van der Waals surface area contributed by atoms with Crippen molar-refractivity contribution in [1.82, 2.24) is 0 Å². The number of hydrogen-bond donors (Lipinski definition) is 1. The summed E-state index contributed by atoms with van der Waals surface area (Å²) in [7, 11) is 0. The van der Waals surface area contributed by atoms with Crippen molar-refractivity contribution >= 4 is 11.6 Å². The Hall–Kier alpha value is -1.45. The van der Waals surface area contributed by atoms with Gasteiger partial charge in [-0.3, -0.25) is 0 Å². The summed E-state index contributed by atoms with van der Waals surface area (Å²) in [6.07, 6.45) is -0.182. The molecule has 0 aliphatic carbocycles. The summed E-state index contributed by atoms with van der Waals surface area (Å²) in [5.74, 6) is -0.515. The van der Waals surface area contributed by atoms with Crippen LogP contribution < -0.4 is 5.73 Å². The van der Waals surface area contributed by atoms with E-state index in [1.807, 2.05) is 0 Å². The molecule has 2 N–H and O–H groups in total. The highest BCUT2D eigenvalue weighted by atomic mass is 35.5. The highest BCUT2D eigenvalue weighted by Gasteiger charge is 2.32. The van der Waals surface area contributed by atoms with Crippen molar-refractivity contribution in [1.29, 1.82) is 0 Å². The Labute approximate surface area is 116 Å². The molecule has 0 fully saturated rings. The number of rotatable bonds is 4. The summed E-state index contributed by atoms with van der Waals surface area (Å²) >= 11 is 5.93. The van der Waals surface area contributed by atoms with E-state index in [4.69, 9.17) is 17.3 Å². The maximum atomic E-state index is 14.9. The highest BCUT2D eigenvalue weighted by molar-refractivity contribution is 6.31. The molecule has 1 atom stereocenters. The molecule has 100 valence electrons. The van der Waals surface area contributed by atoms with Gasteiger partial charge in [0.15, 0.2) is 5.67 Å². The lowest BCUT2D eigenvalue weighted by atomic mass is 9.89. The van der Waals surface area contributed by atoms with Gasteiger partial charge in [-0.15, -0.1) is 0 Å². The zero-order valence-corrected chi connectivity index (χ0v) is 11.0. The lowest BCUT2D eigenvalue weighted by Gasteiger charge is -2.25. The van der Waals surface area contributed by atoms with Crippen LogP contribution in [0.3, 0.4) is 0 Å². The second-order valence-electron chi connectivity index (χ2n) is 4.41. The molecule has 0 saturated heterocycles. The topological polar surface area (TPSA) is 26.0 Å². The third kappa shape index (κ3) is 2.94. The van der Waals surface area contributed by atoms with Gasteiger partial charge in [-0.2, -0.15) is 0 Å². The molecule has 1 nitrogen and oxygen atoms in total. The maximum absolute atomic E-state index is 14.9. The van der Waals surface area contributed by atoms with Crippen LogP contribution in [0.5, 0.6) is 0 Å². The summed E-state index contributed by atoms with van der Waals surface area (Å²) in [5.41, 5.74) is 4.30. The van der Waals surface area contributed by atoms with E-state index in [0.717, 1.165) is 0 Å². The predicted octanol–water partition coefficient (Wildman–Crippen LogP) is 3.85. The van der Waals surface area contributed by atoms with Crippen LogP contribution in [0.25, 0.3) is 0 Å². The third-order valence-corrected chi connectivity index (χ3v) is 3.49. The first-order chi connectivity index (χ1) is 9.07. The van der Waals surface area contributed by atoms with Crippen LogP contribution in [0, 0.1) is 5.82 Å². The van der Waals surface area contributed by atoms with Gasteiger partial charge < -0.3 is 5.73 Å². The minimum atomic E-state index is -1.83. The Morgan fingerprint density at radius 2 is 1.74 bits per heavy atom. The Morgan fingerprint density at radius 1 is 1.05 bits per heavy atom. The second-order valence-corrected chi connectivity index (χ2v) is 4.82. The average Bonchev–Trinajstić information content (AvgIpc) is 2.44. The van der Waals surface area contributed by atoms with Crippen LogP contribution >= 0.6 is 11.6 Å². The van der Waals surface area contributed by atoms with E-state index in [2.05, 4.69) is 0 Å². The monoisotopic (exact) mass is 281 g/mol. The van der Waals surface area contributed by atoms with Gasteiger partial charge in [-0.05, 0) is 17.7 Å². The first-order valence-electron chi connectivity index (χ1n) is 5.94. The van der Waals surface area contributed by atoms with Crippen LogP contribution in [0.1, 0.15) is 11.1 Å². The van der Waals surface area contributed by atoms with E-state index in [1.165, 1.54) is 12.1 Å². The van der Waals surface area contributed by atoms with Gasteiger partial charge in [-0.1, -0.05) is 48.0 Å². The molecule has 0 heterocycles. The molecule has 0 aliphatic rings. The molecule has 1 unspecified atom stereocenters. The van der Waals surface area contributed by atoms with Crippen molar-refractivity contribution in [2.45, 2.75) is 12.1 Å². The Kier molecular flexibility index (Phi) is 4.17. The lowest BCUT2D eigenvalue weighted by molar-refractivity contribution is 0.173. The molecule has 0 saturated carbocycles. The van der Waals surface area contributed by atoms with E-state index in [9.17, 15) is 8.78 Å². The van der Waals surface area contributed by atoms with Crippen molar-refractivity contribution in [3.63, 3.8) is 0 Å². The fraction of sp³-hybridized carbons (Fsp3) is 0.200. The Bertz CT molecular complexity index is 539. The van der Waals surface area contributed by atoms with Gasteiger partial charge in [0.25, 0.3) is 0 Å². The number of hydrogen-bond acceptors (Lipinski definition) is 1. The van der Waals surface area contributed by atoms with E-state index in [0.29, 0.717) is 5.56 Å². The van der Waals surface area contributed by atoms with Gasteiger partial charge >= 0.3 is 0 Å². The number of nitrogens with two attached hydrogens (primary N) is 1. The van der Waals surface area contributed by atoms with Crippen molar-refractivity contribution in [3.8, 4) is 0 Å². The minimum Gasteiger partial charge on any atom is -0.327 e. The van der Waals surface area contributed by atoms with Gasteiger partial charge in [0.05, 0.1) is 0 Å². The molecule has 0 spiro atoms. The highest BCUT2D eigenvalue weighted by Crippen LogP contribution is 2.32. The Morgan fingerprint density at radius 3 is 2.32 bits per heavy atom. The van der Waals surface area contributed by atoms with Gasteiger partial charge in [0.1, 0.15) is 5.82 Å². The number of halogens is 3. The molecule has 0 aliphatic heterocycles. The minimum absolute atomic E-state index is 0.154. The summed E-state index contributed by atoms with van der Waals surface area (Å²) < 4.78 is 28.7. The van der Waals surface area contributed by atoms with Crippen LogP contribution in [0.2, 0.25) is 5.02 Å². The van der Waals surface area contributed by atoms with E-state index < -0.39 is 11.5 Å². The van der Waals surface area contributed by atoms with Crippen LogP contribution in [0.15, 0.2) is 48.5 Å². The molecule has 2 rings (SSSR count). The maximum Gasteiger partial charge on any atom is 0.152 e. The smallest absolute Gasteiger partial charge is 0.152 e. The molecule has 19 heavy (non-hydrogen) atoms. The number of benzene rings is 2. The quantitative estimate of drug-likeness (QED) is 0.905. The SMILES string of the molecule is NCC(F)(Cc1c(F)cccc1Cl)c1ccccc1. The summed E-state index contributed by atoms with van der Waals surface area (Å²) in [4.78, 5) is 0. The molecular formula is C15H14ClF2N. The molecule has 0 bridgehead atoms. The van der Waals surface area contributed by atoms with Crippen LogP contribution in [-0.4, -0.2) is 6.54 Å². The van der Waals surface area contributed by atoms with Crippen LogP contribution in [-0.2, 0) is 12.1 Å². The average molecular weight is 282 g/mol. The van der Waals surface area contributed by atoms with Crippen molar-refractivity contribution in [2.24, 2.45) is 5.73 Å². The first-order valence-corrected chi connectivity index (χ1v) is 6.32. The van der Waals surface area contributed by atoms with E-state index in [1.54, 1.807) is 36.4 Å². The normalized spacial score (nSPS) is 14.1. The largest absolute Gasteiger partial charge is 0.327 e. The zero-order valence-electron chi connectivity index (χ0n) is 10.2. The van der Waals surface area contributed by atoms with Crippen LogP contribution in [0.4, 0.5) is 8.78 Å². The van der Waals surface area contributed by atoms with E-state index >= 15 is 0 Å². The Balaban J connectivity index is 2.39. The lowest BCUT2D eigenvalue weighted by Crippen LogP contribution is -2.33. The van der Waals surface area contributed by atoms with Crippen molar-refractivity contribution < 1.29 is 8.78 Å². The fourth-order valence-corrected chi connectivity index (χ4v) is 2.24. The van der Waals surface area contributed by atoms with Crippen molar-refractivity contribution in [3.05, 3.63) is 70.5 Å². The summed E-state index contributed by atoms with van der Waals surface area (Å²) in [5, 5.41) is 0.214. The summed E-state index contributed by atoms with van der Waals surface area (Å²) in [6.45, 7) is -0.234. The molecule has 0 amide bonds. The fourth-order valence-electron chi connectivity index (χ4n) is 2.01. The predicted molar refractivity (Wildman–Crippen MR) is 73.4 cm³/mol. The van der Waals surface area contributed by atoms with Gasteiger partial charge in [0, 0.05) is 23.6 Å². The molecule has 2 aromatic rings. The first kappa shape index (κ1) is 14.0. The molecule has 0 radical (unpaired) electrons. The number of alkyl halides is 1. The molecule has 4 heteroatoms. The van der Waals surface area contributed by atoms with Crippen molar-refractivity contribution in [2.75, 3.05) is 6.54 Å². The summed E-state index contributed by atoms with van der Waals surface area (Å²) in [6, 6.07) is 12.8. The van der Waals surface area contributed by atoms with E-state index in [-0.39, 0.29) is 23.6 Å². The van der Waals surface area contributed by atoms with Gasteiger partial charge in [0.2, 0.25) is 0 Å². The zero-order chi connectivity index (χ0) is 13.9. The second kappa shape index (κ2) is 5.68. The standard InChI is InChI=1S/C15H14ClF2N/c16-13-7-4-8-14(17)12(13)9-15(18,10-19)11-5-2-1-3-6-11/h1-8H,9-10,19H2. The molecule has 2 aromatic carbocycles.